The Labute approximate surface area is 203 Å². The van der Waals surface area contributed by atoms with Crippen LogP contribution in [0.15, 0.2) is 42.5 Å². The van der Waals surface area contributed by atoms with Gasteiger partial charge in [-0.15, -0.1) is 0 Å². The van der Waals surface area contributed by atoms with Crippen LogP contribution in [-0.2, 0) is 4.74 Å². The third-order valence-corrected chi connectivity index (χ3v) is 6.84. The molecular weight excluding hydrogens is 454 g/mol. The van der Waals surface area contributed by atoms with Crippen molar-refractivity contribution in [2.75, 3.05) is 62.3 Å². The van der Waals surface area contributed by atoms with E-state index in [1.165, 1.54) is 12.1 Å². The molecule has 0 aliphatic carbocycles. The fourth-order valence-electron chi connectivity index (χ4n) is 4.69. The Morgan fingerprint density at radius 2 is 1.46 bits per heavy atom. The molecule has 0 atom stereocenters. The molecule has 0 spiro atoms. The minimum absolute atomic E-state index is 0.0706. The van der Waals surface area contributed by atoms with Crippen LogP contribution in [0.25, 0.3) is 0 Å². The standard InChI is InChI=1S/C24H29N5O6/c1-24(2,27-13-15-35-16-14-27)23(30)18-3-5-19(6-4-18)25-9-11-26(12-10-25)21-8-7-20(28(31)32)17-22(21)29(33)34/h3-8,17H,9-16H2,1-2H3. The van der Waals surface area contributed by atoms with Gasteiger partial charge in [-0.05, 0) is 44.2 Å². The number of Topliss-reactive ketones (excluding diaryl/α,β-unsaturated/α-hetero) is 1. The van der Waals surface area contributed by atoms with Crippen molar-refractivity contribution in [2.24, 2.45) is 0 Å². The van der Waals surface area contributed by atoms with Gasteiger partial charge in [0.2, 0.25) is 0 Å². The number of hydrogen-bond donors (Lipinski definition) is 0. The summed E-state index contributed by atoms with van der Waals surface area (Å²) in [5.74, 6) is 0.0706. The van der Waals surface area contributed by atoms with Crippen molar-refractivity contribution in [1.29, 1.82) is 0 Å². The van der Waals surface area contributed by atoms with Crippen molar-refractivity contribution >= 4 is 28.5 Å². The van der Waals surface area contributed by atoms with E-state index in [1.807, 2.05) is 43.0 Å². The topological polar surface area (TPSA) is 122 Å². The van der Waals surface area contributed by atoms with Crippen LogP contribution in [0.1, 0.15) is 24.2 Å². The predicted octanol–water partition coefficient (Wildman–Crippen LogP) is 3.12. The summed E-state index contributed by atoms with van der Waals surface area (Å²) in [6.07, 6.45) is 0. The third-order valence-electron chi connectivity index (χ3n) is 6.84. The Morgan fingerprint density at radius 3 is 2.03 bits per heavy atom. The zero-order valence-corrected chi connectivity index (χ0v) is 19.9. The van der Waals surface area contributed by atoms with E-state index in [0.717, 1.165) is 24.8 Å². The van der Waals surface area contributed by atoms with Crippen LogP contribution in [0.4, 0.5) is 22.7 Å². The van der Waals surface area contributed by atoms with E-state index < -0.39 is 15.4 Å². The molecule has 2 saturated heterocycles. The molecule has 0 aromatic heterocycles. The van der Waals surface area contributed by atoms with E-state index in [0.29, 0.717) is 50.6 Å². The average molecular weight is 484 g/mol. The number of nitro benzene ring substituents is 2. The molecule has 0 unspecified atom stereocenters. The highest BCUT2D eigenvalue weighted by molar-refractivity contribution is 6.03. The molecule has 0 saturated carbocycles. The number of carbonyl (C=O) groups excluding carboxylic acids is 1. The van der Waals surface area contributed by atoms with E-state index in [-0.39, 0.29) is 17.2 Å². The van der Waals surface area contributed by atoms with Gasteiger partial charge in [-0.1, -0.05) is 0 Å². The number of ether oxygens (including phenoxy) is 1. The second-order valence-electron chi connectivity index (χ2n) is 9.20. The Bertz CT molecular complexity index is 1110. The lowest BCUT2D eigenvalue weighted by Crippen LogP contribution is -2.54. The van der Waals surface area contributed by atoms with E-state index >= 15 is 0 Å². The summed E-state index contributed by atoms with van der Waals surface area (Å²) in [4.78, 5) is 40.7. The average Bonchev–Trinajstić information content (AvgIpc) is 2.88. The van der Waals surface area contributed by atoms with Gasteiger partial charge in [-0.25, -0.2) is 0 Å². The van der Waals surface area contributed by atoms with Gasteiger partial charge in [0.15, 0.2) is 5.78 Å². The van der Waals surface area contributed by atoms with Crippen LogP contribution in [0.3, 0.4) is 0 Å². The molecule has 0 N–H and O–H groups in total. The SMILES string of the molecule is CC(C)(C(=O)c1ccc(N2CCN(c3ccc([N+](=O)[O-])cc3[N+](=O)[O-])CC2)cc1)N1CCOCC1. The second-order valence-corrected chi connectivity index (χ2v) is 9.20. The molecule has 2 aromatic carbocycles. The van der Waals surface area contributed by atoms with E-state index in [4.69, 9.17) is 4.74 Å². The van der Waals surface area contributed by atoms with Crippen LogP contribution in [0, 0.1) is 20.2 Å². The summed E-state index contributed by atoms with van der Waals surface area (Å²) in [6.45, 7) is 8.93. The molecule has 2 aromatic rings. The first-order valence-corrected chi connectivity index (χ1v) is 11.6. The van der Waals surface area contributed by atoms with Crippen molar-refractivity contribution in [3.63, 3.8) is 0 Å². The second kappa shape index (κ2) is 9.96. The number of anilines is 2. The van der Waals surface area contributed by atoms with Gasteiger partial charge >= 0.3 is 0 Å². The highest BCUT2D eigenvalue weighted by atomic mass is 16.6. The van der Waals surface area contributed by atoms with Gasteiger partial charge in [0.25, 0.3) is 11.4 Å². The molecule has 2 aliphatic rings. The highest BCUT2D eigenvalue weighted by Gasteiger charge is 2.36. The molecule has 186 valence electrons. The summed E-state index contributed by atoms with van der Waals surface area (Å²) in [7, 11) is 0. The number of benzene rings is 2. The molecule has 2 fully saturated rings. The van der Waals surface area contributed by atoms with Crippen molar-refractivity contribution in [2.45, 2.75) is 19.4 Å². The van der Waals surface area contributed by atoms with Crippen LogP contribution in [-0.4, -0.2) is 78.6 Å². The molecule has 0 bridgehead atoms. The molecule has 4 rings (SSSR count). The number of non-ortho nitro benzene ring substituents is 1. The van der Waals surface area contributed by atoms with Crippen LogP contribution in [0.2, 0.25) is 0 Å². The minimum Gasteiger partial charge on any atom is -0.379 e. The molecule has 11 nitrogen and oxygen atoms in total. The van der Waals surface area contributed by atoms with E-state index in [9.17, 15) is 25.0 Å². The fraction of sp³-hybridized carbons (Fsp3) is 0.458. The van der Waals surface area contributed by atoms with Crippen molar-refractivity contribution in [3.8, 4) is 0 Å². The predicted molar refractivity (Wildman–Crippen MR) is 131 cm³/mol. The smallest absolute Gasteiger partial charge is 0.299 e. The lowest BCUT2D eigenvalue weighted by Gasteiger charge is -2.39. The largest absolute Gasteiger partial charge is 0.379 e. The summed E-state index contributed by atoms with van der Waals surface area (Å²) in [5, 5.41) is 22.5. The van der Waals surface area contributed by atoms with Crippen LogP contribution >= 0.6 is 0 Å². The fourth-order valence-corrected chi connectivity index (χ4v) is 4.69. The third kappa shape index (κ3) is 5.10. The number of morpholine rings is 1. The van der Waals surface area contributed by atoms with Gasteiger partial charge in [0.1, 0.15) is 5.69 Å². The van der Waals surface area contributed by atoms with Crippen molar-refractivity contribution in [3.05, 3.63) is 68.3 Å². The Morgan fingerprint density at radius 1 is 0.857 bits per heavy atom. The molecule has 0 radical (unpaired) electrons. The van der Waals surface area contributed by atoms with Crippen LogP contribution in [0.5, 0.6) is 0 Å². The number of nitro groups is 2. The first-order chi connectivity index (χ1) is 16.7. The minimum atomic E-state index is -0.634. The lowest BCUT2D eigenvalue weighted by atomic mass is 9.90. The van der Waals surface area contributed by atoms with Crippen molar-refractivity contribution < 1.29 is 19.4 Å². The van der Waals surface area contributed by atoms with Crippen LogP contribution < -0.4 is 9.80 Å². The number of piperazine rings is 1. The zero-order valence-electron chi connectivity index (χ0n) is 19.9. The maximum atomic E-state index is 13.2. The summed E-state index contributed by atoms with van der Waals surface area (Å²) < 4.78 is 5.41. The number of carbonyl (C=O) groups is 1. The summed E-state index contributed by atoms with van der Waals surface area (Å²) in [5.41, 5.74) is 0.834. The lowest BCUT2D eigenvalue weighted by molar-refractivity contribution is -0.393. The van der Waals surface area contributed by atoms with Gasteiger partial charge in [0.05, 0.1) is 34.7 Å². The Kier molecular flexibility index (Phi) is 6.99. The van der Waals surface area contributed by atoms with E-state index in [1.54, 1.807) is 0 Å². The maximum Gasteiger partial charge on any atom is 0.299 e. The van der Waals surface area contributed by atoms with Crippen molar-refractivity contribution in [1.82, 2.24) is 4.90 Å². The Balaban J connectivity index is 1.42. The summed E-state index contributed by atoms with van der Waals surface area (Å²) in [6, 6.07) is 11.3. The molecule has 0 amide bonds. The number of hydrogen-bond acceptors (Lipinski definition) is 9. The molecule has 2 aliphatic heterocycles. The van der Waals surface area contributed by atoms with E-state index in [2.05, 4.69) is 9.80 Å². The molecule has 11 heteroatoms. The Hall–Kier alpha value is -3.57. The van der Waals surface area contributed by atoms with Gasteiger partial charge in [-0.3, -0.25) is 29.9 Å². The first-order valence-electron chi connectivity index (χ1n) is 11.6. The number of nitrogens with zero attached hydrogens (tertiary/aromatic N) is 5. The van der Waals surface area contributed by atoms with Gasteiger partial charge < -0.3 is 14.5 Å². The number of rotatable bonds is 7. The normalized spacial score (nSPS) is 17.3. The summed E-state index contributed by atoms with van der Waals surface area (Å²) >= 11 is 0. The van der Waals surface area contributed by atoms with Gasteiger partial charge in [-0.2, -0.15) is 0 Å². The molecule has 2 heterocycles. The molecule has 35 heavy (non-hydrogen) atoms. The monoisotopic (exact) mass is 483 g/mol. The van der Waals surface area contributed by atoms with Gasteiger partial charge in [0, 0.05) is 56.6 Å². The quantitative estimate of drug-likeness (QED) is 0.332. The maximum absolute atomic E-state index is 13.2. The number of ketones is 1. The first kappa shape index (κ1) is 24.6. The highest BCUT2D eigenvalue weighted by Crippen LogP contribution is 2.33. The zero-order chi connectivity index (χ0) is 25.2. The molecular formula is C24H29N5O6.